The molecule has 236 valence electrons. The van der Waals surface area contributed by atoms with Crippen LogP contribution in [-0.4, -0.2) is 73.3 Å². The summed E-state index contributed by atoms with van der Waals surface area (Å²) in [5.41, 5.74) is 2.18. The van der Waals surface area contributed by atoms with Crippen molar-refractivity contribution in [2.75, 3.05) is 6.61 Å². The van der Waals surface area contributed by atoms with Gasteiger partial charge in [-0.3, -0.25) is 9.59 Å². The van der Waals surface area contributed by atoms with E-state index in [1.807, 2.05) is 25.2 Å². The molecule has 0 aromatic carbocycles. The van der Waals surface area contributed by atoms with Crippen LogP contribution in [0.2, 0.25) is 0 Å². The monoisotopic (exact) mass is 598 g/mol. The summed E-state index contributed by atoms with van der Waals surface area (Å²) in [6.45, 7) is 11.7. The zero-order valence-electron chi connectivity index (χ0n) is 25.8. The Kier molecular flexibility index (Phi) is 12.0. The molecule has 4 rings (SSSR count). The van der Waals surface area contributed by atoms with Crippen LogP contribution in [-0.2, 0) is 42.8 Å². The first-order valence-electron chi connectivity index (χ1n) is 15.4. The van der Waals surface area contributed by atoms with E-state index in [9.17, 15) is 14.4 Å². The minimum atomic E-state index is -0.867. The van der Waals surface area contributed by atoms with Crippen LogP contribution in [0.5, 0.6) is 0 Å². The molecule has 1 saturated heterocycles. The Bertz CT molecular complexity index is 1130. The molecule has 0 N–H and O–H groups in total. The number of epoxide rings is 1. The summed E-state index contributed by atoms with van der Waals surface area (Å²) < 4.78 is 35.3. The first kappa shape index (κ1) is 32.9. The van der Waals surface area contributed by atoms with Gasteiger partial charge in [0.15, 0.2) is 6.10 Å². The molecule has 0 spiro atoms. The normalized spacial score (nSPS) is 35.4. The lowest BCUT2D eigenvalue weighted by molar-refractivity contribution is -0.160. The first-order valence-corrected chi connectivity index (χ1v) is 15.4. The first-order chi connectivity index (χ1) is 20.5. The Labute approximate surface area is 254 Å². The molecule has 0 saturated carbocycles. The van der Waals surface area contributed by atoms with Crippen molar-refractivity contribution in [3.05, 3.63) is 60.3 Å². The van der Waals surface area contributed by atoms with Crippen LogP contribution in [0.1, 0.15) is 72.6 Å². The molecule has 0 amide bonds. The van der Waals surface area contributed by atoms with Crippen LogP contribution in [0.3, 0.4) is 0 Å². The molecule has 43 heavy (non-hydrogen) atoms. The fourth-order valence-corrected chi connectivity index (χ4v) is 6.05. The van der Waals surface area contributed by atoms with Crippen molar-refractivity contribution in [3.8, 4) is 0 Å². The van der Waals surface area contributed by atoms with E-state index in [4.69, 9.17) is 28.4 Å². The highest BCUT2D eigenvalue weighted by Gasteiger charge is 2.49. The number of carbonyl (C=O) groups excluding carboxylic acids is 3. The van der Waals surface area contributed by atoms with Crippen molar-refractivity contribution in [1.29, 1.82) is 0 Å². The van der Waals surface area contributed by atoms with E-state index in [0.717, 1.165) is 31.3 Å². The van der Waals surface area contributed by atoms with E-state index in [0.29, 0.717) is 25.4 Å². The maximum absolute atomic E-state index is 13.0. The topological polar surface area (TPSA) is 110 Å². The van der Waals surface area contributed by atoms with Crippen LogP contribution in [0, 0.1) is 5.92 Å². The largest absolute Gasteiger partial charge is 0.459 e. The summed E-state index contributed by atoms with van der Waals surface area (Å²) in [6, 6.07) is 0. The molecule has 9 atom stereocenters. The van der Waals surface area contributed by atoms with Crippen molar-refractivity contribution >= 4 is 17.9 Å². The molecule has 4 aliphatic heterocycles. The summed E-state index contributed by atoms with van der Waals surface area (Å²) in [5.74, 6) is -1.14. The standard InChI is InChI=1S/C34H46O9/c1-21-14-15-38-27(17-21)12-13-29(39-24(4)35)30-20-32-34(43-32)31(40-25(5)36)19-23(3)16-22(2)18-28-10-6-8-26(41-28)9-7-11-33(37)42-30/h6-8,11-14,22,26-32,34H,3,9-10,15-20H2,1-2,4-5H3/b11-7-,13-12+/t22-,26-,27+,28-,29?,30-,31-,32-,34-/m0/s1. The van der Waals surface area contributed by atoms with Crippen molar-refractivity contribution in [2.45, 2.75) is 121 Å². The smallest absolute Gasteiger partial charge is 0.330 e. The van der Waals surface area contributed by atoms with Gasteiger partial charge in [0.1, 0.15) is 18.3 Å². The number of cyclic esters (lactones) is 1. The number of hydrogen-bond acceptors (Lipinski definition) is 9. The number of hydrogen-bond donors (Lipinski definition) is 0. The predicted octanol–water partition coefficient (Wildman–Crippen LogP) is 5.25. The van der Waals surface area contributed by atoms with Crippen LogP contribution in [0.4, 0.5) is 0 Å². The number of ether oxygens (including phenoxy) is 6. The van der Waals surface area contributed by atoms with Crippen LogP contribution in [0.15, 0.2) is 60.3 Å². The summed E-state index contributed by atoms with van der Waals surface area (Å²) in [6.07, 6.45) is 14.1. The molecule has 0 aliphatic carbocycles. The molecular weight excluding hydrogens is 552 g/mol. The van der Waals surface area contributed by atoms with Crippen molar-refractivity contribution in [3.63, 3.8) is 0 Å². The van der Waals surface area contributed by atoms with Gasteiger partial charge in [-0.25, -0.2) is 4.79 Å². The second-order valence-corrected chi connectivity index (χ2v) is 12.2. The number of fused-ring (bicyclic) bond motifs is 3. The van der Waals surface area contributed by atoms with Gasteiger partial charge in [-0.1, -0.05) is 55.0 Å². The minimum Gasteiger partial charge on any atom is -0.459 e. The lowest BCUT2D eigenvalue weighted by Crippen LogP contribution is -2.36. The van der Waals surface area contributed by atoms with E-state index in [1.165, 1.54) is 25.5 Å². The van der Waals surface area contributed by atoms with Gasteiger partial charge in [0.25, 0.3) is 0 Å². The number of carbonyl (C=O) groups is 3. The fourth-order valence-electron chi connectivity index (χ4n) is 6.05. The Morgan fingerprint density at radius 2 is 1.88 bits per heavy atom. The van der Waals surface area contributed by atoms with Crippen LogP contribution in [0.25, 0.3) is 0 Å². The van der Waals surface area contributed by atoms with Gasteiger partial charge in [-0.2, -0.15) is 0 Å². The molecule has 0 radical (unpaired) electrons. The highest BCUT2D eigenvalue weighted by Crippen LogP contribution is 2.37. The van der Waals surface area contributed by atoms with Gasteiger partial charge in [-0.15, -0.1) is 0 Å². The van der Waals surface area contributed by atoms with E-state index in [-0.39, 0.29) is 30.8 Å². The number of esters is 3. The molecule has 2 bridgehead atoms. The Balaban J connectivity index is 1.57. The molecule has 0 aromatic rings. The van der Waals surface area contributed by atoms with E-state index in [2.05, 4.69) is 19.6 Å². The molecule has 4 aliphatic rings. The van der Waals surface area contributed by atoms with E-state index in [1.54, 1.807) is 12.2 Å². The molecule has 9 nitrogen and oxygen atoms in total. The Hall–Kier alpha value is -3.01. The van der Waals surface area contributed by atoms with E-state index < -0.39 is 42.3 Å². The van der Waals surface area contributed by atoms with Crippen molar-refractivity contribution in [1.82, 2.24) is 0 Å². The highest BCUT2D eigenvalue weighted by molar-refractivity contribution is 5.82. The Morgan fingerprint density at radius 1 is 1.07 bits per heavy atom. The molecular formula is C34H46O9. The van der Waals surface area contributed by atoms with E-state index >= 15 is 0 Å². The van der Waals surface area contributed by atoms with Gasteiger partial charge in [0.2, 0.25) is 0 Å². The van der Waals surface area contributed by atoms with Gasteiger partial charge in [-0.05, 0) is 51.0 Å². The van der Waals surface area contributed by atoms with Gasteiger partial charge >= 0.3 is 17.9 Å². The van der Waals surface area contributed by atoms with Crippen LogP contribution < -0.4 is 0 Å². The van der Waals surface area contributed by atoms with Gasteiger partial charge in [0, 0.05) is 32.8 Å². The number of rotatable bonds is 5. The van der Waals surface area contributed by atoms with Gasteiger partial charge < -0.3 is 28.4 Å². The third kappa shape index (κ3) is 10.9. The summed E-state index contributed by atoms with van der Waals surface area (Å²) >= 11 is 0. The van der Waals surface area contributed by atoms with Crippen molar-refractivity contribution in [2.24, 2.45) is 5.92 Å². The maximum atomic E-state index is 13.0. The summed E-state index contributed by atoms with van der Waals surface area (Å²) in [5, 5.41) is 0. The average molecular weight is 599 g/mol. The molecule has 1 unspecified atom stereocenters. The lowest BCUT2D eigenvalue weighted by Gasteiger charge is -2.28. The fraction of sp³-hybridized carbons (Fsp3) is 0.618. The van der Waals surface area contributed by atoms with Crippen molar-refractivity contribution < 1.29 is 42.8 Å². The molecule has 0 aromatic heterocycles. The second-order valence-electron chi connectivity index (χ2n) is 12.2. The molecule has 4 heterocycles. The Morgan fingerprint density at radius 3 is 2.63 bits per heavy atom. The zero-order valence-corrected chi connectivity index (χ0v) is 25.8. The average Bonchev–Trinajstić information content (AvgIpc) is 3.68. The zero-order chi connectivity index (χ0) is 30.9. The SMILES string of the molecule is C=C1C[C@H](C)C[C@@H]2CC=C[C@@H](C/C=C\C(=O)O[C@H](C(/C=C/[C@@H]3CC(C)=CCO3)OC(C)=O)C[C@@H]3O[C@H]3[C@@H](OC(C)=O)C1)O2. The minimum absolute atomic E-state index is 0.0746. The summed E-state index contributed by atoms with van der Waals surface area (Å²) in [7, 11) is 0. The summed E-state index contributed by atoms with van der Waals surface area (Å²) in [4.78, 5) is 37.2. The third-order valence-corrected chi connectivity index (χ3v) is 8.02. The molecule has 9 heteroatoms. The van der Waals surface area contributed by atoms with Crippen LogP contribution >= 0.6 is 0 Å². The lowest BCUT2D eigenvalue weighted by atomic mass is 9.90. The third-order valence-electron chi connectivity index (χ3n) is 8.02. The maximum Gasteiger partial charge on any atom is 0.330 e. The predicted molar refractivity (Wildman–Crippen MR) is 160 cm³/mol. The quantitative estimate of drug-likeness (QED) is 0.181. The highest BCUT2D eigenvalue weighted by atomic mass is 16.6. The second kappa shape index (κ2) is 15.6. The molecule has 1 fully saturated rings. The van der Waals surface area contributed by atoms with Gasteiger partial charge in [0.05, 0.1) is 31.0 Å².